The van der Waals surface area contributed by atoms with Crippen molar-refractivity contribution in [2.24, 2.45) is 0 Å². The third-order valence-electron chi connectivity index (χ3n) is 0.397. The normalized spacial score (nSPS) is 7.50. The Balaban J connectivity index is 2.49. The lowest BCUT2D eigenvalue weighted by Gasteiger charge is -1.88. The quantitative estimate of drug-likeness (QED) is 0.275. The molecule has 0 aliphatic rings. The molecule has 1 radical (unpaired) electrons. The molecule has 0 aromatic carbocycles. The lowest BCUT2D eigenvalue weighted by Crippen LogP contribution is -1.87. The second-order valence-electron chi connectivity index (χ2n) is 0.976. The van der Waals surface area contributed by atoms with Crippen LogP contribution in [0.3, 0.4) is 0 Å². The molecule has 0 unspecified atom stereocenters. The fourth-order valence-corrected chi connectivity index (χ4v) is 0.171. The molecule has 0 saturated carbocycles. The minimum atomic E-state index is 0.608. The molecule has 35 valence electrons. The van der Waals surface area contributed by atoms with Gasteiger partial charge in [0, 0.05) is 0 Å². The van der Waals surface area contributed by atoms with E-state index in [0.717, 1.165) is 6.42 Å². The van der Waals surface area contributed by atoms with Crippen molar-refractivity contribution >= 4 is 6.40 Å². The molecule has 0 saturated heterocycles. The minimum Gasteiger partial charge on any atom is -0.482 e. The van der Waals surface area contributed by atoms with Gasteiger partial charge < -0.3 is 4.74 Å². The molecule has 0 fully saturated rings. The average Bonchev–Trinajstić information content (AvgIpc) is 1.61. The van der Waals surface area contributed by atoms with E-state index in [4.69, 9.17) is 5.41 Å². The average molecular weight is 86.1 g/mol. The minimum absolute atomic E-state index is 0.608. The molecule has 2 nitrogen and oxygen atoms in total. The van der Waals surface area contributed by atoms with Crippen LogP contribution in [0.25, 0.3) is 0 Å². The second kappa shape index (κ2) is 4.47. The molecule has 2 heteroatoms. The van der Waals surface area contributed by atoms with Crippen LogP contribution in [0, 0.1) is 0 Å². The van der Waals surface area contributed by atoms with Gasteiger partial charge in [-0.25, -0.2) is 0 Å². The summed E-state index contributed by atoms with van der Waals surface area (Å²) in [6.07, 6.45) is 1.65. The molecule has 6 heavy (non-hydrogen) atoms. The van der Waals surface area contributed by atoms with Gasteiger partial charge in [0.2, 0.25) is 0 Å². The topological polar surface area (TPSA) is 31.5 Å². The maximum absolute atomic E-state index is 7.85. The number of ether oxygens (including phenoxy) is 1. The van der Waals surface area contributed by atoms with Gasteiger partial charge >= 0.3 is 0 Å². The predicted octanol–water partition coefficient (Wildman–Crippen LogP) is 0.241. The van der Waals surface area contributed by atoms with Crippen LogP contribution in [0.1, 0.15) is 13.3 Å². The monoisotopic (exact) mass is 86.1 g/mol. The van der Waals surface area contributed by atoms with E-state index in [1.807, 2.05) is 6.92 Å². The largest absolute Gasteiger partial charge is 0.482 e. The molecule has 0 aliphatic carbocycles. The van der Waals surface area contributed by atoms with Crippen LogP contribution in [0.15, 0.2) is 0 Å². The van der Waals surface area contributed by atoms with E-state index < -0.39 is 0 Å². The summed E-state index contributed by atoms with van der Waals surface area (Å²) in [5, 5.41) is 7.85. The van der Waals surface area contributed by atoms with E-state index in [1.165, 1.54) is 0 Å². The Hall–Kier alpha value is -0.530. The SMILES string of the molecule is CCCOC=[N]. The van der Waals surface area contributed by atoms with Gasteiger partial charge in [0.15, 0.2) is 6.40 Å². The van der Waals surface area contributed by atoms with Crippen LogP contribution in [0.2, 0.25) is 0 Å². The van der Waals surface area contributed by atoms with Crippen molar-refractivity contribution in [2.75, 3.05) is 6.61 Å². The van der Waals surface area contributed by atoms with Crippen molar-refractivity contribution in [2.45, 2.75) is 13.3 Å². The van der Waals surface area contributed by atoms with Gasteiger partial charge in [0.25, 0.3) is 0 Å². The highest BCUT2D eigenvalue weighted by Crippen LogP contribution is 1.71. The van der Waals surface area contributed by atoms with E-state index >= 15 is 0 Å². The summed E-state index contributed by atoms with van der Waals surface area (Å²) < 4.78 is 4.41. The molecule has 0 aromatic heterocycles. The molecular formula is C4H8NO. The van der Waals surface area contributed by atoms with E-state index in [1.54, 1.807) is 0 Å². The lowest BCUT2D eigenvalue weighted by atomic mass is 10.5. The predicted molar refractivity (Wildman–Crippen MR) is 24.4 cm³/mol. The molecule has 0 amide bonds. The maximum atomic E-state index is 7.85. The molecule has 0 N–H and O–H groups in total. The van der Waals surface area contributed by atoms with Crippen molar-refractivity contribution in [3.05, 3.63) is 0 Å². The van der Waals surface area contributed by atoms with Gasteiger partial charge in [-0.15, -0.1) is 5.41 Å². The van der Waals surface area contributed by atoms with E-state index in [-0.39, 0.29) is 0 Å². The van der Waals surface area contributed by atoms with Crippen LogP contribution >= 0.6 is 0 Å². The molecule has 0 heterocycles. The van der Waals surface area contributed by atoms with Crippen LogP contribution in [-0.4, -0.2) is 13.0 Å². The lowest BCUT2D eigenvalue weighted by molar-refractivity contribution is 0.320. The summed E-state index contributed by atoms with van der Waals surface area (Å²) in [4.78, 5) is 0. The Morgan fingerprint density at radius 1 is 1.83 bits per heavy atom. The highest BCUT2D eigenvalue weighted by molar-refractivity contribution is 5.42. The van der Waals surface area contributed by atoms with Crippen molar-refractivity contribution in [1.82, 2.24) is 5.41 Å². The van der Waals surface area contributed by atoms with Crippen LogP contribution in [0.4, 0.5) is 0 Å². The molecule has 0 atom stereocenters. The zero-order valence-electron chi connectivity index (χ0n) is 3.85. The van der Waals surface area contributed by atoms with Gasteiger partial charge in [0.05, 0.1) is 6.61 Å². The summed E-state index contributed by atoms with van der Waals surface area (Å²) in [7, 11) is 0. The Bertz CT molecular complexity index is 36.5. The zero-order valence-corrected chi connectivity index (χ0v) is 3.85. The van der Waals surface area contributed by atoms with Gasteiger partial charge in [-0.3, -0.25) is 0 Å². The van der Waals surface area contributed by atoms with Crippen LogP contribution in [0.5, 0.6) is 0 Å². The summed E-state index contributed by atoms with van der Waals surface area (Å²) in [5.74, 6) is 0. The highest BCUT2D eigenvalue weighted by Gasteiger charge is 1.70. The first-order chi connectivity index (χ1) is 2.91. The molecular weight excluding hydrogens is 78.1 g/mol. The summed E-state index contributed by atoms with van der Waals surface area (Å²) >= 11 is 0. The number of rotatable bonds is 3. The van der Waals surface area contributed by atoms with Crippen molar-refractivity contribution in [1.29, 1.82) is 0 Å². The van der Waals surface area contributed by atoms with E-state index in [0.29, 0.717) is 13.0 Å². The number of hydrogen-bond donors (Lipinski definition) is 0. The first-order valence-corrected chi connectivity index (χ1v) is 1.99. The molecule has 0 aromatic rings. The Kier molecular flexibility index (Phi) is 4.08. The summed E-state index contributed by atoms with van der Waals surface area (Å²) in [5.41, 5.74) is 0. The van der Waals surface area contributed by atoms with Crippen LogP contribution < -0.4 is 5.41 Å². The molecule has 0 bridgehead atoms. The standard InChI is InChI=1S/C4H8NO/c1-2-3-6-4-5/h4H,2-3H2,1H3. The van der Waals surface area contributed by atoms with Gasteiger partial charge in [-0.2, -0.15) is 0 Å². The number of nitrogens with zero attached hydrogens (tertiary/aromatic N) is 1. The molecule has 0 spiro atoms. The smallest absolute Gasteiger partial charge is 0.195 e. The van der Waals surface area contributed by atoms with Gasteiger partial charge in [-0.1, -0.05) is 6.92 Å². The van der Waals surface area contributed by atoms with E-state index in [9.17, 15) is 0 Å². The fraction of sp³-hybridized carbons (Fsp3) is 0.750. The number of hydrogen-bond acceptors (Lipinski definition) is 1. The zero-order chi connectivity index (χ0) is 4.83. The third-order valence-corrected chi connectivity index (χ3v) is 0.397. The Morgan fingerprint density at radius 2 is 2.50 bits per heavy atom. The fourth-order valence-electron chi connectivity index (χ4n) is 0.171. The van der Waals surface area contributed by atoms with Crippen molar-refractivity contribution in [3.63, 3.8) is 0 Å². The first kappa shape index (κ1) is 5.47. The second-order valence-corrected chi connectivity index (χ2v) is 0.976. The van der Waals surface area contributed by atoms with E-state index in [2.05, 4.69) is 4.74 Å². The van der Waals surface area contributed by atoms with Crippen molar-refractivity contribution in [3.8, 4) is 0 Å². The summed E-state index contributed by atoms with van der Waals surface area (Å²) in [6.45, 7) is 2.58. The van der Waals surface area contributed by atoms with Gasteiger partial charge in [-0.05, 0) is 6.42 Å². The highest BCUT2D eigenvalue weighted by atomic mass is 16.5. The third kappa shape index (κ3) is 3.47. The Labute approximate surface area is 37.6 Å². The Morgan fingerprint density at radius 3 is 2.67 bits per heavy atom. The maximum Gasteiger partial charge on any atom is 0.195 e. The molecule has 0 rings (SSSR count). The summed E-state index contributed by atoms with van der Waals surface area (Å²) in [6, 6.07) is 0. The van der Waals surface area contributed by atoms with Crippen LogP contribution in [-0.2, 0) is 4.74 Å². The van der Waals surface area contributed by atoms with Gasteiger partial charge in [0.1, 0.15) is 0 Å². The van der Waals surface area contributed by atoms with Crippen molar-refractivity contribution < 1.29 is 4.74 Å². The molecule has 0 aliphatic heterocycles. The first-order valence-electron chi connectivity index (χ1n) is 1.99.